The van der Waals surface area contributed by atoms with Crippen LogP contribution in [0.25, 0.3) is 0 Å². The molecule has 2 N–H and O–H groups in total. The van der Waals surface area contributed by atoms with Crippen LogP contribution >= 0.6 is 0 Å². The molecule has 1 rings (SSSR count). The first-order valence-electron chi connectivity index (χ1n) is 6.94. The van der Waals surface area contributed by atoms with E-state index >= 15 is 0 Å². The molecule has 20 heavy (non-hydrogen) atoms. The summed E-state index contributed by atoms with van der Waals surface area (Å²) in [5, 5.41) is 20.1. The highest BCUT2D eigenvalue weighted by molar-refractivity contribution is 5.71. The van der Waals surface area contributed by atoms with Gasteiger partial charge in [0.25, 0.3) is 0 Å². The minimum absolute atomic E-state index is 0.0562. The molecule has 0 aliphatic carbocycles. The standard InChI is InChI=1S/C16H24O4/c1-11(16(19)20-3)9-14(17)10-15(18)12(2)13-7-5-4-6-8-13/h4-8,11-12,14-15,17-18H,9-10H2,1-3H3/t11?,12-,14?,15-/m1/s1. The quantitative estimate of drug-likeness (QED) is 0.751. The molecule has 0 aromatic heterocycles. The molecule has 2 unspecified atom stereocenters. The molecule has 4 nitrogen and oxygen atoms in total. The number of carbonyl (C=O) groups excluding carboxylic acids is 1. The number of hydrogen-bond donors (Lipinski definition) is 2. The third kappa shape index (κ3) is 4.94. The Bertz CT molecular complexity index is 404. The van der Waals surface area contributed by atoms with Gasteiger partial charge in [-0.25, -0.2) is 0 Å². The molecule has 112 valence electrons. The van der Waals surface area contributed by atoms with Crippen molar-refractivity contribution < 1.29 is 19.7 Å². The van der Waals surface area contributed by atoms with Crippen LogP contribution in [0, 0.1) is 5.92 Å². The monoisotopic (exact) mass is 280 g/mol. The van der Waals surface area contributed by atoms with E-state index in [1.54, 1.807) is 6.92 Å². The van der Waals surface area contributed by atoms with Gasteiger partial charge in [-0.2, -0.15) is 0 Å². The lowest BCUT2D eigenvalue weighted by atomic mass is 9.90. The van der Waals surface area contributed by atoms with Gasteiger partial charge in [-0.15, -0.1) is 0 Å². The van der Waals surface area contributed by atoms with Crippen LogP contribution in [0.15, 0.2) is 30.3 Å². The number of esters is 1. The number of methoxy groups -OCH3 is 1. The maximum atomic E-state index is 11.3. The molecule has 4 atom stereocenters. The Morgan fingerprint density at radius 2 is 1.75 bits per heavy atom. The lowest BCUT2D eigenvalue weighted by molar-refractivity contribution is -0.146. The zero-order valence-electron chi connectivity index (χ0n) is 12.3. The summed E-state index contributed by atoms with van der Waals surface area (Å²) in [5.74, 6) is -0.761. The van der Waals surface area contributed by atoms with E-state index in [0.29, 0.717) is 6.42 Å². The van der Waals surface area contributed by atoms with Crippen LogP contribution < -0.4 is 0 Å². The van der Waals surface area contributed by atoms with E-state index in [9.17, 15) is 15.0 Å². The van der Waals surface area contributed by atoms with Gasteiger partial charge in [0.05, 0.1) is 25.2 Å². The normalized spacial score (nSPS) is 17.1. The van der Waals surface area contributed by atoms with Crippen LogP contribution in [0.5, 0.6) is 0 Å². The third-order valence-corrected chi connectivity index (χ3v) is 3.65. The number of benzene rings is 1. The van der Waals surface area contributed by atoms with Crippen LogP contribution in [-0.2, 0) is 9.53 Å². The fraction of sp³-hybridized carbons (Fsp3) is 0.562. The second-order valence-corrected chi connectivity index (χ2v) is 5.32. The largest absolute Gasteiger partial charge is 0.469 e. The Morgan fingerprint density at radius 1 is 1.15 bits per heavy atom. The molecule has 0 spiro atoms. The van der Waals surface area contributed by atoms with Gasteiger partial charge < -0.3 is 14.9 Å². The molecule has 0 aliphatic rings. The Balaban J connectivity index is 2.49. The lowest BCUT2D eigenvalue weighted by Gasteiger charge is -2.23. The zero-order chi connectivity index (χ0) is 15.1. The second-order valence-electron chi connectivity index (χ2n) is 5.32. The summed E-state index contributed by atoms with van der Waals surface area (Å²) in [6.45, 7) is 3.64. The molecule has 0 saturated carbocycles. The Kier molecular flexibility index (Phi) is 6.68. The van der Waals surface area contributed by atoms with Crippen molar-refractivity contribution >= 4 is 5.97 Å². The van der Waals surface area contributed by atoms with Crippen LogP contribution in [0.2, 0.25) is 0 Å². The molecule has 0 heterocycles. The summed E-state index contributed by atoms with van der Waals surface area (Å²) >= 11 is 0. The van der Waals surface area contributed by atoms with Gasteiger partial charge in [0, 0.05) is 5.92 Å². The van der Waals surface area contributed by atoms with Gasteiger partial charge in [0.15, 0.2) is 0 Å². The number of rotatable bonds is 7. The number of carbonyl (C=O) groups is 1. The summed E-state index contributed by atoms with van der Waals surface area (Å²) in [5.41, 5.74) is 1.04. The smallest absolute Gasteiger partial charge is 0.308 e. The number of aliphatic hydroxyl groups is 2. The summed E-state index contributed by atoms with van der Waals surface area (Å²) < 4.78 is 4.62. The Labute approximate surface area is 120 Å². The van der Waals surface area contributed by atoms with Gasteiger partial charge in [-0.1, -0.05) is 44.2 Å². The molecular formula is C16H24O4. The van der Waals surface area contributed by atoms with Crippen molar-refractivity contribution in [3.63, 3.8) is 0 Å². The van der Waals surface area contributed by atoms with Crippen LogP contribution in [0.1, 0.15) is 38.2 Å². The van der Waals surface area contributed by atoms with Crippen molar-refractivity contribution in [2.45, 2.75) is 44.8 Å². The van der Waals surface area contributed by atoms with Gasteiger partial charge in [0.1, 0.15) is 0 Å². The Hall–Kier alpha value is -1.39. The van der Waals surface area contributed by atoms with Crippen molar-refractivity contribution in [3.05, 3.63) is 35.9 Å². The average molecular weight is 280 g/mol. The van der Waals surface area contributed by atoms with Gasteiger partial charge in [-0.05, 0) is 18.4 Å². The van der Waals surface area contributed by atoms with Crippen LogP contribution in [0.4, 0.5) is 0 Å². The highest BCUT2D eigenvalue weighted by atomic mass is 16.5. The van der Waals surface area contributed by atoms with Gasteiger partial charge >= 0.3 is 5.97 Å². The summed E-state index contributed by atoms with van der Waals surface area (Å²) in [6.07, 6.45) is -0.815. The SMILES string of the molecule is COC(=O)C(C)CC(O)C[C@@H](O)[C@H](C)c1ccccc1. The summed E-state index contributed by atoms with van der Waals surface area (Å²) in [7, 11) is 1.33. The number of aliphatic hydroxyl groups excluding tert-OH is 2. The lowest BCUT2D eigenvalue weighted by Crippen LogP contribution is -2.26. The molecule has 0 saturated heterocycles. The van der Waals surface area contributed by atoms with E-state index in [0.717, 1.165) is 5.56 Å². The van der Waals surface area contributed by atoms with Crippen molar-refractivity contribution in [1.29, 1.82) is 0 Å². The number of ether oxygens (including phenoxy) is 1. The number of hydrogen-bond acceptors (Lipinski definition) is 4. The average Bonchev–Trinajstić information content (AvgIpc) is 2.46. The third-order valence-electron chi connectivity index (χ3n) is 3.65. The molecular weight excluding hydrogens is 256 g/mol. The van der Waals surface area contributed by atoms with E-state index in [-0.39, 0.29) is 24.2 Å². The molecule has 1 aromatic carbocycles. The zero-order valence-corrected chi connectivity index (χ0v) is 12.3. The Morgan fingerprint density at radius 3 is 2.30 bits per heavy atom. The molecule has 4 heteroatoms. The van der Waals surface area contributed by atoms with Crippen molar-refractivity contribution in [2.24, 2.45) is 5.92 Å². The van der Waals surface area contributed by atoms with Gasteiger partial charge in [0.2, 0.25) is 0 Å². The van der Waals surface area contributed by atoms with E-state index in [2.05, 4.69) is 4.74 Å². The molecule has 0 radical (unpaired) electrons. The second kappa shape index (κ2) is 8.02. The maximum Gasteiger partial charge on any atom is 0.308 e. The minimum atomic E-state index is -0.717. The summed E-state index contributed by atoms with van der Waals surface area (Å²) in [6, 6.07) is 9.69. The van der Waals surface area contributed by atoms with Crippen LogP contribution in [0.3, 0.4) is 0 Å². The molecule has 0 aliphatic heterocycles. The van der Waals surface area contributed by atoms with E-state index in [1.807, 2.05) is 37.3 Å². The fourth-order valence-corrected chi connectivity index (χ4v) is 2.26. The first-order valence-corrected chi connectivity index (χ1v) is 6.94. The van der Waals surface area contributed by atoms with Crippen LogP contribution in [-0.4, -0.2) is 35.5 Å². The fourth-order valence-electron chi connectivity index (χ4n) is 2.26. The first kappa shape index (κ1) is 16.7. The molecule has 0 amide bonds. The minimum Gasteiger partial charge on any atom is -0.469 e. The maximum absolute atomic E-state index is 11.3. The summed E-state index contributed by atoms with van der Waals surface area (Å²) in [4.78, 5) is 11.3. The highest BCUT2D eigenvalue weighted by Crippen LogP contribution is 2.23. The highest BCUT2D eigenvalue weighted by Gasteiger charge is 2.23. The first-order chi connectivity index (χ1) is 9.45. The van der Waals surface area contributed by atoms with E-state index in [4.69, 9.17) is 0 Å². The molecule has 1 aromatic rings. The molecule has 0 fully saturated rings. The molecule has 0 bridgehead atoms. The van der Waals surface area contributed by atoms with E-state index in [1.165, 1.54) is 7.11 Å². The van der Waals surface area contributed by atoms with E-state index < -0.39 is 12.2 Å². The van der Waals surface area contributed by atoms with Crippen molar-refractivity contribution in [2.75, 3.05) is 7.11 Å². The van der Waals surface area contributed by atoms with Gasteiger partial charge in [-0.3, -0.25) is 4.79 Å². The predicted octanol–water partition coefficient (Wildman–Crippen LogP) is 2.10. The predicted molar refractivity (Wildman–Crippen MR) is 77.3 cm³/mol. The topological polar surface area (TPSA) is 66.8 Å². The van der Waals surface area contributed by atoms with Crippen molar-refractivity contribution in [3.8, 4) is 0 Å². The van der Waals surface area contributed by atoms with Crippen molar-refractivity contribution in [1.82, 2.24) is 0 Å².